The van der Waals surface area contributed by atoms with E-state index in [2.05, 4.69) is 4.98 Å². The molecular weight excluding hydrogens is 421 g/mol. The molecule has 0 spiro atoms. The lowest BCUT2D eigenvalue weighted by atomic mass is 9.82. The zero-order valence-corrected chi connectivity index (χ0v) is 16.4. The number of rotatable bonds is 5. The molecule has 0 unspecified atom stereocenters. The van der Waals surface area contributed by atoms with Crippen LogP contribution in [0.3, 0.4) is 0 Å². The Morgan fingerprint density at radius 2 is 2.10 bits per heavy atom. The summed E-state index contributed by atoms with van der Waals surface area (Å²) in [6, 6.07) is 7.38. The molecule has 0 radical (unpaired) electrons. The minimum absolute atomic E-state index is 0.0973. The standard InChI is InChI=1S/C18H20N2O4.C2HF3O2/c21-17(7-15-4-2-6-23-15)20-9-14-10-22-12-18(14,11-20)13-24-16-3-1-5-19-8-16;3-2(4,5)1(6)7/h1-6,8,14H,7,9-13H2;(H,6,7)/t14-,18+;/m1./s1. The molecule has 0 aromatic carbocycles. The van der Waals surface area contributed by atoms with E-state index in [9.17, 15) is 18.0 Å². The number of carboxylic acid groups (broad SMARTS) is 1. The van der Waals surface area contributed by atoms with E-state index in [0.717, 1.165) is 12.3 Å². The number of pyridine rings is 1. The molecule has 4 heterocycles. The zero-order chi connectivity index (χ0) is 22.5. The highest BCUT2D eigenvalue weighted by Gasteiger charge is 2.52. The number of aliphatic carboxylic acids is 1. The van der Waals surface area contributed by atoms with Gasteiger partial charge in [-0.05, 0) is 24.3 Å². The maximum atomic E-state index is 12.5. The van der Waals surface area contributed by atoms with Gasteiger partial charge in [0, 0.05) is 25.2 Å². The smallest absolute Gasteiger partial charge is 0.490 e. The molecule has 2 aromatic rings. The third-order valence-electron chi connectivity index (χ3n) is 5.18. The van der Waals surface area contributed by atoms with E-state index in [1.165, 1.54) is 0 Å². The first kappa shape index (κ1) is 22.6. The summed E-state index contributed by atoms with van der Waals surface area (Å²) in [5.74, 6) is -0.894. The summed E-state index contributed by atoms with van der Waals surface area (Å²) in [5.41, 5.74) is -0.130. The van der Waals surface area contributed by atoms with Crippen molar-refractivity contribution in [3.63, 3.8) is 0 Å². The second-order valence-electron chi connectivity index (χ2n) is 7.39. The number of aromatic nitrogens is 1. The summed E-state index contributed by atoms with van der Waals surface area (Å²) >= 11 is 0. The molecule has 2 atom stereocenters. The number of hydrogen-bond acceptors (Lipinski definition) is 6. The average molecular weight is 442 g/mol. The molecule has 2 saturated heterocycles. The second-order valence-corrected chi connectivity index (χ2v) is 7.39. The lowest BCUT2D eigenvalue weighted by Gasteiger charge is -2.27. The molecule has 2 aromatic heterocycles. The molecular formula is C20H21F3N2O6. The Morgan fingerprint density at radius 1 is 1.32 bits per heavy atom. The number of furan rings is 1. The van der Waals surface area contributed by atoms with Crippen LogP contribution in [0.4, 0.5) is 13.2 Å². The Labute approximate surface area is 175 Å². The van der Waals surface area contributed by atoms with Crippen molar-refractivity contribution in [3.05, 3.63) is 48.7 Å². The number of ether oxygens (including phenoxy) is 2. The van der Waals surface area contributed by atoms with Crippen LogP contribution in [0.2, 0.25) is 0 Å². The molecule has 8 nitrogen and oxygen atoms in total. The predicted molar refractivity (Wildman–Crippen MR) is 99.2 cm³/mol. The molecule has 0 aliphatic carbocycles. The highest BCUT2D eigenvalue weighted by atomic mass is 19.4. The summed E-state index contributed by atoms with van der Waals surface area (Å²) in [6.45, 7) is 3.23. The van der Waals surface area contributed by atoms with Crippen LogP contribution >= 0.6 is 0 Å². The lowest BCUT2D eigenvalue weighted by molar-refractivity contribution is -0.192. The Kier molecular flexibility index (Phi) is 6.84. The number of carbonyl (C=O) groups excluding carboxylic acids is 1. The van der Waals surface area contributed by atoms with Crippen molar-refractivity contribution >= 4 is 11.9 Å². The van der Waals surface area contributed by atoms with Crippen molar-refractivity contribution in [2.24, 2.45) is 11.3 Å². The van der Waals surface area contributed by atoms with Gasteiger partial charge in [0.25, 0.3) is 0 Å². The van der Waals surface area contributed by atoms with Crippen LogP contribution in [-0.2, 0) is 20.7 Å². The van der Waals surface area contributed by atoms with Crippen LogP contribution < -0.4 is 4.74 Å². The number of likely N-dealkylation sites (tertiary alicyclic amines) is 1. The molecule has 2 aliphatic heterocycles. The maximum Gasteiger partial charge on any atom is 0.490 e. The van der Waals surface area contributed by atoms with Gasteiger partial charge in [0.2, 0.25) is 5.91 Å². The molecule has 1 N–H and O–H groups in total. The van der Waals surface area contributed by atoms with Crippen LogP contribution in [0.25, 0.3) is 0 Å². The summed E-state index contributed by atoms with van der Waals surface area (Å²) in [5, 5.41) is 7.12. The molecule has 0 saturated carbocycles. The number of fused-ring (bicyclic) bond motifs is 1. The summed E-state index contributed by atoms with van der Waals surface area (Å²) in [7, 11) is 0. The fourth-order valence-corrected chi connectivity index (χ4v) is 3.56. The van der Waals surface area contributed by atoms with Crippen molar-refractivity contribution in [1.82, 2.24) is 9.88 Å². The van der Waals surface area contributed by atoms with Gasteiger partial charge in [-0.1, -0.05) is 0 Å². The highest BCUT2D eigenvalue weighted by molar-refractivity contribution is 5.78. The fourth-order valence-electron chi connectivity index (χ4n) is 3.56. The van der Waals surface area contributed by atoms with Gasteiger partial charge in [0.1, 0.15) is 11.5 Å². The first-order valence-corrected chi connectivity index (χ1v) is 9.40. The van der Waals surface area contributed by atoms with Gasteiger partial charge in [0.05, 0.1) is 44.1 Å². The molecule has 2 aliphatic rings. The minimum atomic E-state index is -5.08. The van der Waals surface area contributed by atoms with Gasteiger partial charge < -0.3 is 23.9 Å². The number of halogens is 3. The number of nitrogens with zero attached hydrogens (tertiary/aromatic N) is 2. The highest BCUT2D eigenvalue weighted by Crippen LogP contribution is 2.41. The summed E-state index contributed by atoms with van der Waals surface area (Å²) in [6.07, 6.45) is 0.242. The number of amides is 1. The van der Waals surface area contributed by atoms with Gasteiger partial charge in [-0.25, -0.2) is 4.79 Å². The first-order valence-electron chi connectivity index (χ1n) is 9.40. The van der Waals surface area contributed by atoms with E-state index in [-0.39, 0.29) is 11.3 Å². The SMILES string of the molecule is O=C(Cc1ccco1)N1C[C@@H]2COC[C@]2(COc2cccnc2)C1.O=C(O)C(F)(F)F. The van der Waals surface area contributed by atoms with Crippen LogP contribution in [-0.4, -0.2) is 66.0 Å². The van der Waals surface area contributed by atoms with Crippen LogP contribution in [0.5, 0.6) is 5.75 Å². The van der Waals surface area contributed by atoms with Crippen LogP contribution in [0, 0.1) is 11.3 Å². The number of hydrogen-bond donors (Lipinski definition) is 1. The zero-order valence-electron chi connectivity index (χ0n) is 16.4. The van der Waals surface area contributed by atoms with Gasteiger partial charge in [0.15, 0.2) is 0 Å². The summed E-state index contributed by atoms with van der Waals surface area (Å²) < 4.78 is 48.6. The third-order valence-corrected chi connectivity index (χ3v) is 5.18. The van der Waals surface area contributed by atoms with Crippen LogP contribution in [0.1, 0.15) is 5.76 Å². The first-order chi connectivity index (χ1) is 14.7. The monoisotopic (exact) mass is 442 g/mol. The molecule has 4 rings (SSSR count). The Balaban J connectivity index is 0.000000339. The number of carboxylic acids is 1. The molecule has 31 heavy (non-hydrogen) atoms. The Morgan fingerprint density at radius 3 is 2.71 bits per heavy atom. The molecule has 11 heteroatoms. The maximum absolute atomic E-state index is 12.5. The third kappa shape index (κ3) is 5.75. The van der Waals surface area contributed by atoms with E-state index < -0.39 is 12.1 Å². The molecule has 1 amide bonds. The van der Waals surface area contributed by atoms with Crippen molar-refractivity contribution in [3.8, 4) is 5.75 Å². The second kappa shape index (κ2) is 9.38. The van der Waals surface area contributed by atoms with Crippen molar-refractivity contribution in [2.75, 3.05) is 32.9 Å². The van der Waals surface area contributed by atoms with Gasteiger partial charge in [-0.3, -0.25) is 9.78 Å². The van der Waals surface area contributed by atoms with Gasteiger partial charge in [-0.2, -0.15) is 13.2 Å². The molecule has 2 fully saturated rings. The van der Waals surface area contributed by atoms with Gasteiger partial charge in [-0.15, -0.1) is 0 Å². The fraction of sp³-hybridized carbons (Fsp3) is 0.450. The molecule has 168 valence electrons. The Hall–Kier alpha value is -3.08. The van der Waals surface area contributed by atoms with Crippen LogP contribution in [0.15, 0.2) is 47.3 Å². The van der Waals surface area contributed by atoms with Crippen molar-refractivity contribution in [1.29, 1.82) is 0 Å². The van der Waals surface area contributed by atoms with E-state index >= 15 is 0 Å². The van der Waals surface area contributed by atoms with E-state index in [0.29, 0.717) is 44.5 Å². The number of alkyl halides is 3. The normalized spacial score (nSPS) is 22.4. The molecule has 0 bridgehead atoms. The minimum Gasteiger partial charge on any atom is -0.491 e. The largest absolute Gasteiger partial charge is 0.491 e. The van der Waals surface area contributed by atoms with Gasteiger partial charge >= 0.3 is 12.1 Å². The lowest BCUT2D eigenvalue weighted by Crippen LogP contribution is -2.38. The van der Waals surface area contributed by atoms with Crippen molar-refractivity contribution in [2.45, 2.75) is 12.6 Å². The van der Waals surface area contributed by atoms with Crippen molar-refractivity contribution < 1.29 is 41.8 Å². The predicted octanol–water partition coefficient (Wildman–Crippen LogP) is 2.40. The van der Waals surface area contributed by atoms with E-state index in [4.69, 9.17) is 23.8 Å². The number of carbonyl (C=O) groups is 2. The summed E-state index contributed by atoms with van der Waals surface area (Å²) in [4.78, 5) is 27.4. The topological polar surface area (TPSA) is 102 Å². The van der Waals surface area contributed by atoms with E-state index in [1.54, 1.807) is 24.7 Å². The average Bonchev–Trinajstić information content (AvgIpc) is 3.43. The quantitative estimate of drug-likeness (QED) is 0.759. The van der Waals surface area contributed by atoms with E-state index in [1.807, 2.05) is 23.1 Å². The Bertz CT molecular complexity index is 875.